The molecule has 0 amide bonds. The maximum atomic E-state index is 10.9. The summed E-state index contributed by atoms with van der Waals surface area (Å²) in [6.07, 6.45) is 1.79. The predicted molar refractivity (Wildman–Crippen MR) is 82.8 cm³/mol. The molecule has 1 aliphatic heterocycles. The zero-order chi connectivity index (χ0) is 14.9. The van der Waals surface area contributed by atoms with Crippen LogP contribution in [0.4, 0.5) is 11.4 Å². The SMILES string of the molecule is Cc1cc2c(cc1N=O)C(C)CC(C)(C)N2CCCO. The van der Waals surface area contributed by atoms with Crippen LogP contribution in [-0.4, -0.2) is 23.8 Å². The fourth-order valence-corrected chi connectivity index (χ4v) is 3.37. The molecule has 110 valence electrons. The Morgan fingerprint density at radius 3 is 2.75 bits per heavy atom. The Balaban J connectivity index is 2.51. The summed E-state index contributed by atoms with van der Waals surface area (Å²) in [5.41, 5.74) is 3.90. The van der Waals surface area contributed by atoms with Gasteiger partial charge in [0, 0.05) is 24.4 Å². The van der Waals surface area contributed by atoms with Crippen molar-refractivity contribution in [2.24, 2.45) is 5.18 Å². The number of aliphatic hydroxyl groups is 1. The second-order valence-electron chi connectivity index (χ2n) is 6.44. The molecule has 1 atom stereocenters. The van der Waals surface area contributed by atoms with Crippen LogP contribution in [-0.2, 0) is 0 Å². The molecule has 2 rings (SSSR count). The number of nitroso groups, excluding NO2 is 1. The van der Waals surface area contributed by atoms with E-state index in [4.69, 9.17) is 5.11 Å². The highest BCUT2D eigenvalue weighted by atomic mass is 16.3. The van der Waals surface area contributed by atoms with Crippen LogP contribution in [0.2, 0.25) is 0 Å². The zero-order valence-corrected chi connectivity index (χ0v) is 12.8. The van der Waals surface area contributed by atoms with Gasteiger partial charge in [-0.15, -0.1) is 4.91 Å². The van der Waals surface area contributed by atoms with Crippen LogP contribution in [0.3, 0.4) is 0 Å². The molecule has 4 nitrogen and oxygen atoms in total. The minimum Gasteiger partial charge on any atom is -0.396 e. The summed E-state index contributed by atoms with van der Waals surface area (Å²) in [5.74, 6) is 0.409. The molecular weight excluding hydrogens is 252 g/mol. The Morgan fingerprint density at radius 1 is 1.45 bits per heavy atom. The first-order chi connectivity index (χ1) is 9.40. The summed E-state index contributed by atoms with van der Waals surface area (Å²) in [6, 6.07) is 4.00. The average molecular weight is 276 g/mol. The number of aryl methyl sites for hydroxylation is 1. The van der Waals surface area contributed by atoms with Crippen molar-refractivity contribution < 1.29 is 5.11 Å². The molecule has 20 heavy (non-hydrogen) atoms. The van der Waals surface area contributed by atoms with E-state index in [0.29, 0.717) is 11.6 Å². The van der Waals surface area contributed by atoms with Crippen molar-refractivity contribution in [3.63, 3.8) is 0 Å². The van der Waals surface area contributed by atoms with Gasteiger partial charge in [0.05, 0.1) is 0 Å². The average Bonchev–Trinajstić information content (AvgIpc) is 2.37. The Labute approximate surface area is 120 Å². The molecule has 1 aromatic rings. The van der Waals surface area contributed by atoms with Crippen LogP contribution in [0.5, 0.6) is 0 Å². The third-order valence-electron chi connectivity index (χ3n) is 4.34. The van der Waals surface area contributed by atoms with Gasteiger partial charge in [0.1, 0.15) is 5.69 Å². The Kier molecular flexibility index (Phi) is 4.14. The van der Waals surface area contributed by atoms with Gasteiger partial charge in [-0.1, -0.05) is 6.92 Å². The van der Waals surface area contributed by atoms with Gasteiger partial charge < -0.3 is 10.0 Å². The molecular formula is C16H24N2O2. The van der Waals surface area contributed by atoms with Crippen LogP contribution in [0, 0.1) is 11.8 Å². The van der Waals surface area contributed by atoms with E-state index in [9.17, 15) is 4.91 Å². The van der Waals surface area contributed by atoms with Crippen LogP contribution < -0.4 is 4.90 Å². The highest BCUT2D eigenvalue weighted by Crippen LogP contribution is 2.45. The van der Waals surface area contributed by atoms with Gasteiger partial charge in [-0.3, -0.25) is 0 Å². The summed E-state index contributed by atoms with van der Waals surface area (Å²) < 4.78 is 0. The molecule has 1 unspecified atom stereocenters. The molecule has 1 aliphatic rings. The fourth-order valence-electron chi connectivity index (χ4n) is 3.37. The van der Waals surface area contributed by atoms with E-state index in [0.717, 1.165) is 24.9 Å². The topological polar surface area (TPSA) is 52.9 Å². The minimum atomic E-state index is 0.0597. The molecule has 0 spiro atoms. The van der Waals surface area contributed by atoms with Crippen molar-refractivity contribution in [1.82, 2.24) is 0 Å². The maximum absolute atomic E-state index is 10.9. The quantitative estimate of drug-likeness (QED) is 0.849. The zero-order valence-electron chi connectivity index (χ0n) is 12.8. The lowest BCUT2D eigenvalue weighted by molar-refractivity contribution is 0.280. The van der Waals surface area contributed by atoms with Crippen LogP contribution in [0.25, 0.3) is 0 Å². The summed E-state index contributed by atoms with van der Waals surface area (Å²) in [4.78, 5) is 13.3. The van der Waals surface area contributed by atoms with Crippen molar-refractivity contribution >= 4 is 11.4 Å². The fraction of sp³-hybridized carbons (Fsp3) is 0.625. The second-order valence-corrected chi connectivity index (χ2v) is 6.44. The van der Waals surface area contributed by atoms with Gasteiger partial charge >= 0.3 is 0 Å². The molecule has 0 bridgehead atoms. The van der Waals surface area contributed by atoms with E-state index in [1.807, 2.05) is 13.0 Å². The molecule has 0 aromatic heterocycles. The van der Waals surface area contributed by atoms with Crippen LogP contribution in [0.15, 0.2) is 17.3 Å². The maximum Gasteiger partial charge on any atom is 0.111 e. The van der Waals surface area contributed by atoms with Crippen molar-refractivity contribution in [2.75, 3.05) is 18.1 Å². The molecule has 1 aromatic carbocycles. The lowest BCUT2D eigenvalue weighted by atomic mass is 9.79. The van der Waals surface area contributed by atoms with Gasteiger partial charge in [-0.05, 0) is 68.0 Å². The third kappa shape index (κ3) is 2.57. The molecule has 0 fully saturated rings. The minimum absolute atomic E-state index is 0.0597. The standard InChI is InChI=1S/C16H24N2O2/c1-11-8-15-13(9-14(11)17-20)12(2)10-16(3,4)18(15)6-5-7-19/h8-9,12,19H,5-7,10H2,1-4H3. The summed E-state index contributed by atoms with van der Waals surface area (Å²) in [7, 11) is 0. The lowest BCUT2D eigenvalue weighted by Crippen LogP contribution is -2.49. The number of aliphatic hydroxyl groups excluding tert-OH is 1. The lowest BCUT2D eigenvalue weighted by Gasteiger charge is -2.47. The largest absolute Gasteiger partial charge is 0.396 e. The highest BCUT2D eigenvalue weighted by Gasteiger charge is 2.36. The Hall–Kier alpha value is -1.42. The number of fused-ring (bicyclic) bond motifs is 1. The number of hydrogen-bond donors (Lipinski definition) is 1. The van der Waals surface area contributed by atoms with E-state index >= 15 is 0 Å². The first-order valence-electron chi connectivity index (χ1n) is 7.27. The molecule has 0 aliphatic carbocycles. The number of benzene rings is 1. The van der Waals surface area contributed by atoms with Crippen molar-refractivity contribution in [2.45, 2.75) is 52.0 Å². The summed E-state index contributed by atoms with van der Waals surface area (Å²) >= 11 is 0. The monoisotopic (exact) mass is 276 g/mol. The number of anilines is 1. The normalized spacial score (nSPS) is 20.6. The van der Waals surface area contributed by atoms with E-state index in [-0.39, 0.29) is 12.1 Å². The number of hydrogen-bond acceptors (Lipinski definition) is 4. The van der Waals surface area contributed by atoms with Crippen molar-refractivity contribution in [1.29, 1.82) is 0 Å². The molecule has 4 heteroatoms. The third-order valence-corrected chi connectivity index (χ3v) is 4.34. The number of nitrogens with zero attached hydrogens (tertiary/aromatic N) is 2. The van der Waals surface area contributed by atoms with E-state index < -0.39 is 0 Å². The Bertz CT molecular complexity index is 511. The first kappa shape index (κ1) is 15.0. The van der Waals surface area contributed by atoms with Crippen molar-refractivity contribution in [3.05, 3.63) is 28.2 Å². The van der Waals surface area contributed by atoms with Gasteiger partial charge in [0.15, 0.2) is 0 Å². The Morgan fingerprint density at radius 2 is 2.15 bits per heavy atom. The molecule has 1 heterocycles. The van der Waals surface area contributed by atoms with Gasteiger partial charge in [0.25, 0.3) is 0 Å². The molecule has 0 saturated heterocycles. The first-order valence-corrected chi connectivity index (χ1v) is 7.27. The van der Waals surface area contributed by atoms with Crippen LogP contribution >= 0.6 is 0 Å². The highest BCUT2D eigenvalue weighted by molar-refractivity contribution is 5.66. The molecule has 0 radical (unpaired) electrons. The number of rotatable bonds is 4. The van der Waals surface area contributed by atoms with E-state index in [2.05, 4.69) is 36.9 Å². The van der Waals surface area contributed by atoms with Gasteiger partial charge in [0.2, 0.25) is 0 Å². The van der Waals surface area contributed by atoms with E-state index in [1.165, 1.54) is 11.3 Å². The smallest absolute Gasteiger partial charge is 0.111 e. The summed E-state index contributed by atoms with van der Waals surface area (Å²) in [5, 5.41) is 12.2. The molecule has 0 saturated carbocycles. The molecule has 1 N–H and O–H groups in total. The van der Waals surface area contributed by atoms with E-state index in [1.54, 1.807) is 0 Å². The predicted octanol–water partition coefficient (Wildman–Crippen LogP) is 3.87. The van der Waals surface area contributed by atoms with Gasteiger partial charge in [-0.2, -0.15) is 0 Å². The second kappa shape index (κ2) is 5.52. The van der Waals surface area contributed by atoms with Crippen molar-refractivity contribution in [3.8, 4) is 0 Å². The van der Waals surface area contributed by atoms with Crippen LogP contribution in [0.1, 0.15) is 50.7 Å². The van der Waals surface area contributed by atoms with Gasteiger partial charge in [-0.25, -0.2) is 0 Å². The summed E-state index contributed by atoms with van der Waals surface area (Å²) in [6.45, 7) is 9.64.